The van der Waals surface area contributed by atoms with Crippen LogP contribution in [0.4, 0.5) is 15.3 Å². The molecule has 5 aliphatic rings. The Bertz CT molecular complexity index is 3050. The smallest absolute Gasteiger partial charge is 0.410 e. The lowest BCUT2D eigenvalue weighted by molar-refractivity contribution is -0.206. The monoisotopic (exact) mass is 1180 g/mol. The molecule has 0 saturated carbocycles. The van der Waals surface area contributed by atoms with Gasteiger partial charge in [-0.2, -0.15) is 12.6 Å². The molecule has 3 saturated heterocycles. The Morgan fingerprint density at radius 3 is 2.23 bits per heavy atom. The van der Waals surface area contributed by atoms with Crippen molar-refractivity contribution in [3.05, 3.63) is 81.4 Å². The van der Waals surface area contributed by atoms with E-state index < -0.39 is 118 Å². The Labute approximate surface area is 490 Å². The number of hydrogen-bond donors (Lipinski definition) is 9. The van der Waals surface area contributed by atoms with Gasteiger partial charge in [-0.3, -0.25) is 43.3 Å². The number of nitrogens with zero attached hydrogens (tertiary/aromatic N) is 3. The normalized spacial score (nSPS) is 21.0. The van der Waals surface area contributed by atoms with E-state index in [1.165, 1.54) is 40.0 Å². The van der Waals surface area contributed by atoms with Crippen LogP contribution in [0.25, 0.3) is 0 Å². The number of methoxy groups -OCH3 is 1. The number of phenolic OH excluding ortho intramolecular Hbond substituents is 2. The molecule has 25 nitrogen and oxygen atoms in total. The summed E-state index contributed by atoms with van der Waals surface area (Å²) >= 11 is 4.13. The Balaban J connectivity index is 0.845. The number of urea groups is 1. The average Bonchev–Trinajstić information content (AvgIpc) is 1.28. The number of benzene rings is 3. The highest BCUT2D eigenvalue weighted by Gasteiger charge is 2.52. The number of ketones is 2. The van der Waals surface area contributed by atoms with Crippen LogP contribution < -0.4 is 31.7 Å². The first kappa shape index (κ1) is 62.2. The summed E-state index contributed by atoms with van der Waals surface area (Å²) in [5, 5.41) is 46.3. The second-order valence-electron chi connectivity index (χ2n) is 21.9. The molecule has 3 aromatic rings. The number of aliphatic hydroxyl groups is 1. The standard InChI is InChI=1S/C58H72N8O17S/c1-31(2)47(63-40(67)14-5-4-7-21-66-41(68)27-39(84)54(66)75)53(74)62-36(12-10-20-60-56(59)77)52(73)61-33-18-16-32(17-19-33)30-82-57(78)65-24-22-64(23-25-65)55(76)58(79)28-35-44(38(29-58)83-42-15-6-8-26-81-42)51(72)46-45(49(35)70)48(69)34-11-9-13-37(80-3)43(34)50(46)71/h9,11,13,16-19,31,36,38-39,42,47,70,72,79,84H,4-8,10,12,14-15,20-30H2,1-3H3,(H,61,73)(H,62,74)(H,63,67)(H3,59,60,77)/t36-,38-,39?,42-,47-,58-/m0/s1. The molecule has 84 heavy (non-hydrogen) atoms. The molecule has 3 fully saturated rings. The van der Waals surface area contributed by atoms with E-state index >= 15 is 0 Å². The third-order valence-electron chi connectivity index (χ3n) is 15.7. The van der Waals surface area contributed by atoms with Crippen LogP contribution in [0.1, 0.15) is 139 Å². The van der Waals surface area contributed by atoms with Gasteiger partial charge in [-0.15, -0.1) is 0 Å². The minimum atomic E-state index is -2.25. The molecule has 3 heterocycles. The number of amides is 9. The third kappa shape index (κ3) is 14.0. The zero-order valence-corrected chi connectivity index (χ0v) is 48.0. The predicted molar refractivity (Wildman–Crippen MR) is 302 cm³/mol. The average molecular weight is 1190 g/mol. The molecule has 0 bridgehead atoms. The summed E-state index contributed by atoms with van der Waals surface area (Å²) in [6.45, 7) is 4.03. The molecule has 452 valence electrons. The number of nitrogens with one attached hydrogen (secondary N) is 4. The molecule has 9 amide bonds. The fourth-order valence-electron chi connectivity index (χ4n) is 11.2. The van der Waals surface area contributed by atoms with Crippen LogP contribution in [0.15, 0.2) is 42.5 Å². The number of rotatable bonds is 22. The van der Waals surface area contributed by atoms with Gasteiger partial charge < -0.3 is 71.1 Å². The van der Waals surface area contributed by atoms with E-state index in [-0.39, 0.29) is 117 Å². The first-order valence-electron chi connectivity index (χ1n) is 28.2. The van der Waals surface area contributed by atoms with Crippen LogP contribution in [-0.2, 0) is 56.0 Å². The number of hydrogen-bond acceptors (Lipinski definition) is 18. The van der Waals surface area contributed by atoms with Crippen molar-refractivity contribution >= 4 is 77.5 Å². The number of fused-ring (bicyclic) bond motifs is 3. The van der Waals surface area contributed by atoms with Crippen LogP contribution in [0.3, 0.4) is 0 Å². The number of likely N-dealkylation sites (tertiary alicyclic amines) is 1. The van der Waals surface area contributed by atoms with Crippen molar-refractivity contribution in [2.24, 2.45) is 11.7 Å². The van der Waals surface area contributed by atoms with Crippen LogP contribution in [0, 0.1) is 5.92 Å². The van der Waals surface area contributed by atoms with E-state index in [4.69, 9.17) is 24.7 Å². The molecule has 3 aromatic carbocycles. The molecule has 1 unspecified atom stereocenters. The zero-order valence-electron chi connectivity index (χ0n) is 47.1. The number of carbonyl (C=O) groups excluding carboxylic acids is 10. The van der Waals surface area contributed by atoms with E-state index in [0.717, 1.165) is 12.8 Å². The maximum atomic E-state index is 14.5. The third-order valence-corrected chi connectivity index (χ3v) is 16.1. The highest BCUT2D eigenvalue weighted by atomic mass is 32.1. The number of carbonyl (C=O) groups is 10. The van der Waals surface area contributed by atoms with Gasteiger partial charge in [0.05, 0.1) is 35.2 Å². The van der Waals surface area contributed by atoms with Gasteiger partial charge in [-0.05, 0) is 74.6 Å². The van der Waals surface area contributed by atoms with Gasteiger partial charge >= 0.3 is 12.1 Å². The summed E-state index contributed by atoms with van der Waals surface area (Å²) in [5.74, 6) is -6.05. The number of aromatic hydroxyl groups is 2. The maximum absolute atomic E-state index is 14.5. The SMILES string of the molecule is COc1cccc2c1C(=O)c1c(O)c3c(c(O)c1C2=O)C[C@@](O)(C(=O)N1CCN(C(=O)OCc2ccc(NC(=O)[C@H](CCCNC(N)=O)NC(=O)[C@@H](NC(=O)CCCCCN4C(=O)CC(S)C4=O)C(C)C)cc2)CC1)C[C@@H]3O[C@H]1CCCCO1. The number of phenols is 2. The van der Waals surface area contributed by atoms with E-state index in [0.29, 0.717) is 43.5 Å². The number of primary amides is 1. The molecule has 8 rings (SSSR count). The van der Waals surface area contributed by atoms with Gasteiger partial charge in [0.2, 0.25) is 35.3 Å². The van der Waals surface area contributed by atoms with E-state index in [1.54, 1.807) is 38.1 Å². The lowest BCUT2D eigenvalue weighted by atomic mass is 9.72. The predicted octanol–water partition coefficient (Wildman–Crippen LogP) is 3.25. The van der Waals surface area contributed by atoms with E-state index in [1.807, 2.05) is 0 Å². The number of thiol groups is 1. The van der Waals surface area contributed by atoms with Crippen molar-refractivity contribution in [3.8, 4) is 17.2 Å². The summed E-state index contributed by atoms with van der Waals surface area (Å²) in [5.41, 5.74) is 2.61. The van der Waals surface area contributed by atoms with E-state index in [2.05, 4.69) is 33.9 Å². The summed E-state index contributed by atoms with van der Waals surface area (Å²) < 4.78 is 23.2. The number of piperazine rings is 1. The van der Waals surface area contributed by atoms with Crippen molar-refractivity contribution in [2.75, 3.05) is 58.3 Å². The van der Waals surface area contributed by atoms with Crippen LogP contribution in [0.2, 0.25) is 0 Å². The zero-order chi connectivity index (χ0) is 60.6. The van der Waals surface area contributed by atoms with Gasteiger partial charge in [-0.1, -0.05) is 44.5 Å². The molecule has 2 aliphatic carbocycles. The van der Waals surface area contributed by atoms with Crippen molar-refractivity contribution in [1.29, 1.82) is 0 Å². The van der Waals surface area contributed by atoms with Gasteiger partial charge in [0.25, 0.3) is 5.91 Å². The van der Waals surface area contributed by atoms with Gasteiger partial charge in [-0.25, -0.2) is 9.59 Å². The first-order chi connectivity index (χ1) is 40.1. The molecule has 0 aromatic heterocycles. The summed E-state index contributed by atoms with van der Waals surface area (Å²) in [6.07, 6.45) is 0.208. The summed E-state index contributed by atoms with van der Waals surface area (Å²) in [7, 11) is 1.33. The second kappa shape index (κ2) is 27.3. The first-order valence-corrected chi connectivity index (χ1v) is 28.7. The number of anilines is 1. The van der Waals surface area contributed by atoms with Gasteiger partial charge in [0.1, 0.15) is 41.5 Å². The topological polar surface area (TPSA) is 352 Å². The van der Waals surface area contributed by atoms with Crippen LogP contribution in [0.5, 0.6) is 17.2 Å². The van der Waals surface area contributed by atoms with Crippen molar-refractivity contribution < 1.29 is 82.2 Å². The molecular formula is C58H72N8O17S. The molecule has 6 atom stereocenters. The highest BCUT2D eigenvalue weighted by Crippen LogP contribution is 2.53. The van der Waals surface area contributed by atoms with Gasteiger partial charge in [0, 0.05) is 93.9 Å². The largest absolute Gasteiger partial charge is 0.507 e. The molecule has 26 heteroatoms. The van der Waals surface area contributed by atoms with Gasteiger partial charge in [0.15, 0.2) is 12.1 Å². The number of unbranched alkanes of at least 4 members (excludes halogenated alkanes) is 2. The fraction of sp³-hybridized carbons (Fsp3) is 0.517. The number of ether oxygens (including phenoxy) is 4. The minimum absolute atomic E-state index is 0.0179. The molecule has 0 spiro atoms. The molecular weight excluding hydrogens is 1110 g/mol. The fourth-order valence-corrected chi connectivity index (χ4v) is 11.5. The minimum Gasteiger partial charge on any atom is -0.507 e. The lowest BCUT2D eigenvalue weighted by Gasteiger charge is -2.43. The van der Waals surface area contributed by atoms with Crippen LogP contribution >= 0.6 is 12.6 Å². The number of imide groups is 1. The number of nitrogens with two attached hydrogens (primary N) is 1. The quantitative estimate of drug-likeness (QED) is 0.0236. The van der Waals surface area contributed by atoms with Crippen molar-refractivity contribution in [2.45, 2.75) is 133 Å². The van der Waals surface area contributed by atoms with E-state index in [9.17, 15) is 63.3 Å². The molecule has 9 N–H and O–H groups in total. The second-order valence-corrected chi connectivity index (χ2v) is 22.6. The summed E-state index contributed by atoms with van der Waals surface area (Å²) in [6, 6.07) is 7.92. The van der Waals surface area contributed by atoms with Crippen molar-refractivity contribution in [3.63, 3.8) is 0 Å². The Hall–Kier alpha value is -7.81. The molecule has 0 radical (unpaired) electrons. The Morgan fingerprint density at radius 1 is 0.857 bits per heavy atom. The summed E-state index contributed by atoms with van der Waals surface area (Å²) in [4.78, 5) is 136. The lowest BCUT2D eigenvalue weighted by Crippen LogP contribution is -2.58. The van der Waals surface area contributed by atoms with Crippen molar-refractivity contribution in [1.82, 2.24) is 30.7 Å². The van der Waals surface area contributed by atoms with Crippen LogP contribution in [-0.4, -0.2) is 171 Å². The Kier molecular flexibility index (Phi) is 20.2. The Morgan fingerprint density at radius 2 is 1.57 bits per heavy atom. The molecule has 3 aliphatic heterocycles. The highest BCUT2D eigenvalue weighted by molar-refractivity contribution is 7.81. The maximum Gasteiger partial charge on any atom is 0.410 e.